The summed E-state index contributed by atoms with van der Waals surface area (Å²) in [6.07, 6.45) is -0.275. The molecule has 2 N–H and O–H groups in total. The number of nitrogens with zero attached hydrogens (tertiary/aromatic N) is 3. The molecule has 5 rings (SSSR count). The second-order valence-electron chi connectivity index (χ2n) is 9.45. The fraction of sp³-hybridized carbons (Fsp3) is 0.156. The van der Waals surface area contributed by atoms with Crippen LogP contribution in [0.4, 0.5) is 19.0 Å². The summed E-state index contributed by atoms with van der Waals surface area (Å²) in [5.74, 6) is 0.812. The number of amides is 1. The van der Waals surface area contributed by atoms with Gasteiger partial charge in [-0.3, -0.25) is 4.79 Å². The number of nitrogens with one attached hydrogen (secondary N) is 2. The lowest BCUT2D eigenvalue weighted by molar-refractivity contribution is -0.137. The second kappa shape index (κ2) is 12.6. The first-order valence-corrected chi connectivity index (χ1v) is 13.3. The van der Waals surface area contributed by atoms with Gasteiger partial charge in [0.15, 0.2) is 0 Å². The summed E-state index contributed by atoms with van der Waals surface area (Å²) in [7, 11) is 1.63. The molecule has 0 saturated carbocycles. The Hall–Kier alpha value is -5.12. The van der Waals surface area contributed by atoms with Crippen molar-refractivity contribution in [2.24, 2.45) is 0 Å². The lowest BCUT2D eigenvalue weighted by Crippen LogP contribution is -2.26. The molecule has 5 aromatic rings. The van der Waals surface area contributed by atoms with E-state index in [4.69, 9.17) is 9.84 Å². The highest BCUT2D eigenvalue weighted by molar-refractivity contribution is 5.94. The van der Waals surface area contributed by atoms with E-state index in [1.165, 1.54) is 12.1 Å². The van der Waals surface area contributed by atoms with Crippen molar-refractivity contribution in [2.75, 3.05) is 25.5 Å². The fourth-order valence-electron chi connectivity index (χ4n) is 4.42. The van der Waals surface area contributed by atoms with Gasteiger partial charge in [0.1, 0.15) is 17.3 Å². The van der Waals surface area contributed by atoms with Crippen molar-refractivity contribution >= 4 is 11.7 Å². The number of benzene rings is 3. The first kappa shape index (κ1) is 28.4. The molecule has 2 heterocycles. The number of rotatable bonds is 10. The number of aromatic nitrogens is 3. The van der Waals surface area contributed by atoms with Crippen molar-refractivity contribution in [2.45, 2.75) is 12.6 Å². The second-order valence-corrected chi connectivity index (χ2v) is 9.45. The molecule has 10 heteroatoms. The molecule has 0 atom stereocenters. The predicted octanol–water partition coefficient (Wildman–Crippen LogP) is 6.86. The minimum Gasteiger partial charge on any atom is -0.497 e. The number of methoxy groups -OCH3 is 1. The molecule has 1 amide bonds. The molecule has 2 aromatic heterocycles. The van der Waals surface area contributed by atoms with Gasteiger partial charge in [0.2, 0.25) is 0 Å². The topological polar surface area (TPSA) is 81.1 Å². The third-order valence-electron chi connectivity index (χ3n) is 6.55. The van der Waals surface area contributed by atoms with Crippen LogP contribution in [0.2, 0.25) is 0 Å². The number of carbonyl (C=O) groups is 1. The van der Waals surface area contributed by atoms with Gasteiger partial charge in [-0.1, -0.05) is 36.4 Å². The van der Waals surface area contributed by atoms with Crippen LogP contribution in [0.25, 0.3) is 28.1 Å². The van der Waals surface area contributed by atoms with Crippen LogP contribution >= 0.6 is 0 Å². The van der Waals surface area contributed by atoms with E-state index in [0.29, 0.717) is 18.8 Å². The number of para-hydroxylation sites is 1. The number of hydrogen-bond donors (Lipinski definition) is 2. The Kier molecular flexibility index (Phi) is 8.52. The van der Waals surface area contributed by atoms with E-state index >= 15 is 0 Å². The third kappa shape index (κ3) is 6.77. The fourth-order valence-corrected chi connectivity index (χ4v) is 4.42. The van der Waals surface area contributed by atoms with E-state index in [1.54, 1.807) is 13.3 Å². The Bertz CT molecular complexity index is 1670. The van der Waals surface area contributed by atoms with E-state index in [9.17, 15) is 18.0 Å². The van der Waals surface area contributed by atoms with Crippen molar-refractivity contribution in [3.8, 4) is 33.8 Å². The van der Waals surface area contributed by atoms with Gasteiger partial charge in [-0.05, 0) is 66.6 Å². The van der Waals surface area contributed by atoms with E-state index in [-0.39, 0.29) is 12.1 Å². The van der Waals surface area contributed by atoms with Gasteiger partial charge >= 0.3 is 6.18 Å². The lowest BCUT2D eigenvalue weighted by Gasteiger charge is -2.10. The van der Waals surface area contributed by atoms with Crippen molar-refractivity contribution in [3.05, 3.63) is 115 Å². The molecule has 0 aliphatic rings. The summed E-state index contributed by atoms with van der Waals surface area (Å²) in [5.41, 5.74) is 3.54. The van der Waals surface area contributed by atoms with E-state index in [1.807, 2.05) is 77.6 Å². The average Bonchev–Trinajstić information content (AvgIpc) is 3.47. The Morgan fingerprint density at radius 1 is 0.905 bits per heavy atom. The van der Waals surface area contributed by atoms with Crippen LogP contribution in [-0.2, 0) is 6.18 Å². The van der Waals surface area contributed by atoms with Gasteiger partial charge in [-0.15, -0.1) is 0 Å². The zero-order valence-electron chi connectivity index (χ0n) is 22.7. The van der Waals surface area contributed by atoms with Crippen LogP contribution in [-0.4, -0.2) is 40.9 Å². The van der Waals surface area contributed by atoms with Crippen LogP contribution < -0.4 is 15.4 Å². The highest BCUT2D eigenvalue weighted by Gasteiger charge is 2.30. The summed E-state index contributed by atoms with van der Waals surface area (Å²) < 4.78 is 46.1. The monoisotopic (exact) mass is 571 g/mol. The minimum absolute atomic E-state index is 0.0324. The summed E-state index contributed by atoms with van der Waals surface area (Å²) in [4.78, 5) is 16.7. The average molecular weight is 572 g/mol. The summed E-state index contributed by atoms with van der Waals surface area (Å²) in [5, 5.41) is 10.8. The molecular weight excluding hydrogens is 543 g/mol. The maximum Gasteiger partial charge on any atom is 0.416 e. The van der Waals surface area contributed by atoms with Gasteiger partial charge in [-0.2, -0.15) is 18.3 Å². The molecule has 0 saturated heterocycles. The van der Waals surface area contributed by atoms with Crippen LogP contribution in [0.5, 0.6) is 5.75 Å². The highest BCUT2D eigenvalue weighted by Crippen LogP contribution is 2.34. The Labute approximate surface area is 241 Å². The molecule has 0 fully saturated rings. The number of ether oxygens (including phenoxy) is 1. The van der Waals surface area contributed by atoms with Gasteiger partial charge in [0.05, 0.1) is 18.4 Å². The maximum absolute atomic E-state index is 12.9. The molecule has 42 heavy (non-hydrogen) atoms. The van der Waals surface area contributed by atoms with Gasteiger partial charge in [0.25, 0.3) is 5.91 Å². The first-order chi connectivity index (χ1) is 20.3. The first-order valence-electron chi connectivity index (χ1n) is 13.3. The Morgan fingerprint density at radius 2 is 1.71 bits per heavy atom. The van der Waals surface area contributed by atoms with E-state index in [0.717, 1.165) is 46.0 Å². The van der Waals surface area contributed by atoms with Crippen LogP contribution in [0, 0.1) is 0 Å². The standard InChI is InChI=1S/C32H28F3N5O2/c1-42-27-13-6-8-23(19-27)30-28(21-40(39-30)26-11-3-2-4-12-26)22-14-17-37-29(20-22)36-15-7-16-38-31(41)24-9-5-10-25(18-24)32(33,34)35/h2-6,8-14,17-21H,7,15-16H2,1H3,(H,36,37)(H,38,41). The number of carbonyl (C=O) groups excluding carboxylic acids is 1. The molecular formula is C32H28F3N5O2. The third-order valence-corrected chi connectivity index (χ3v) is 6.55. The number of pyridine rings is 1. The van der Waals surface area contributed by atoms with Crippen LogP contribution in [0.3, 0.4) is 0 Å². The SMILES string of the molecule is COc1cccc(-c2nn(-c3ccccc3)cc2-c2ccnc(NCCCNC(=O)c3cccc(C(F)(F)F)c3)c2)c1. The quantitative estimate of drug-likeness (QED) is 0.179. The highest BCUT2D eigenvalue weighted by atomic mass is 19.4. The molecule has 0 aliphatic carbocycles. The Balaban J connectivity index is 1.27. The van der Waals surface area contributed by atoms with Crippen molar-refractivity contribution in [1.29, 1.82) is 0 Å². The van der Waals surface area contributed by atoms with E-state index in [2.05, 4.69) is 15.6 Å². The lowest BCUT2D eigenvalue weighted by atomic mass is 10.0. The molecule has 214 valence electrons. The van der Waals surface area contributed by atoms with Crippen LogP contribution in [0.1, 0.15) is 22.3 Å². The maximum atomic E-state index is 12.9. The molecule has 3 aromatic carbocycles. The van der Waals surface area contributed by atoms with Gasteiger partial charge < -0.3 is 15.4 Å². The van der Waals surface area contributed by atoms with Crippen molar-refractivity contribution in [3.63, 3.8) is 0 Å². The number of hydrogen-bond acceptors (Lipinski definition) is 5. The Morgan fingerprint density at radius 3 is 2.50 bits per heavy atom. The molecule has 0 unspecified atom stereocenters. The van der Waals surface area contributed by atoms with Crippen LogP contribution in [0.15, 0.2) is 103 Å². The van der Waals surface area contributed by atoms with Crippen molar-refractivity contribution in [1.82, 2.24) is 20.1 Å². The minimum atomic E-state index is -4.50. The van der Waals surface area contributed by atoms with Gasteiger partial charge in [-0.25, -0.2) is 9.67 Å². The summed E-state index contributed by atoms with van der Waals surface area (Å²) >= 11 is 0. The van der Waals surface area contributed by atoms with Gasteiger partial charge in [0, 0.05) is 42.2 Å². The number of halogens is 3. The number of anilines is 1. The molecule has 0 aliphatic heterocycles. The zero-order valence-corrected chi connectivity index (χ0v) is 22.7. The molecule has 0 spiro atoms. The summed E-state index contributed by atoms with van der Waals surface area (Å²) in [6, 6.07) is 25.8. The molecule has 7 nitrogen and oxygen atoms in total. The largest absolute Gasteiger partial charge is 0.497 e. The molecule has 0 radical (unpaired) electrons. The normalized spacial score (nSPS) is 11.2. The summed E-state index contributed by atoms with van der Waals surface area (Å²) in [6.45, 7) is 0.775. The molecule has 0 bridgehead atoms. The van der Waals surface area contributed by atoms with Crippen molar-refractivity contribution < 1.29 is 22.7 Å². The number of alkyl halides is 3. The zero-order chi connectivity index (χ0) is 29.5. The van der Waals surface area contributed by atoms with E-state index < -0.39 is 17.6 Å². The predicted molar refractivity (Wildman–Crippen MR) is 156 cm³/mol. The smallest absolute Gasteiger partial charge is 0.416 e.